The van der Waals surface area contributed by atoms with Gasteiger partial charge in [-0.25, -0.2) is 0 Å². The Kier molecular flexibility index (Phi) is 1.86. The van der Waals surface area contributed by atoms with Crippen LogP contribution in [0.2, 0.25) is 0 Å². The fraction of sp³-hybridized carbons (Fsp3) is 0.714. The van der Waals surface area contributed by atoms with Crippen LogP contribution in [0, 0.1) is 5.41 Å². The monoisotopic (exact) mass is 246 g/mol. The Bertz CT molecular complexity index is 496. The van der Waals surface area contributed by atoms with Gasteiger partial charge in [-0.2, -0.15) is 5.10 Å². The lowest BCUT2D eigenvalue weighted by atomic mass is 9.39. The minimum atomic E-state index is -0.169. The van der Waals surface area contributed by atoms with E-state index >= 15 is 0 Å². The van der Waals surface area contributed by atoms with E-state index in [9.17, 15) is 4.79 Å². The summed E-state index contributed by atoms with van der Waals surface area (Å²) in [6.07, 6.45) is 11.0. The average molecular weight is 246 g/mol. The number of rotatable bonds is 3. The van der Waals surface area contributed by atoms with E-state index in [0.29, 0.717) is 0 Å². The van der Waals surface area contributed by atoms with Gasteiger partial charge in [-0.3, -0.25) is 9.48 Å². The molecule has 5 rings (SSSR count). The molecule has 18 heavy (non-hydrogen) atoms. The predicted octanol–water partition coefficient (Wildman–Crippen LogP) is 2.20. The molecule has 4 nitrogen and oxygen atoms in total. The van der Waals surface area contributed by atoms with E-state index in [4.69, 9.17) is 4.74 Å². The summed E-state index contributed by atoms with van der Waals surface area (Å²) in [7, 11) is 1.48. The number of carbonyl (C=O) groups excluding carboxylic acids is 1. The van der Waals surface area contributed by atoms with Crippen LogP contribution in [0.4, 0.5) is 0 Å². The third-order valence-electron chi connectivity index (χ3n) is 5.29. The second-order valence-electron chi connectivity index (χ2n) is 6.37. The summed E-state index contributed by atoms with van der Waals surface area (Å²) in [5.74, 6) is 0.705. The fourth-order valence-electron chi connectivity index (χ4n) is 3.96. The zero-order chi connectivity index (χ0) is 12.4. The zero-order valence-corrected chi connectivity index (χ0v) is 10.7. The van der Waals surface area contributed by atoms with Gasteiger partial charge in [0.1, 0.15) is 0 Å². The zero-order valence-electron chi connectivity index (χ0n) is 10.7. The van der Waals surface area contributed by atoms with Crippen LogP contribution in [0.1, 0.15) is 50.0 Å². The minimum absolute atomic E-state index is 0.0317. The number of carbonyl (C=O) groups is 1. The van der Waals surface area contributed by atoms with Crippen molar-refractivity contribution in [2.24, 2.45) is 5.41 Å². The first-order valence-electron chi connectivity index (χ1n) is 6.81. The fourth-order valence-corrected chi connectivity index (χ4v) is 3.96. The molecule has 0 spiro atoms. The standard InChI is InChI=1S/C14H18N2O2/c1-18-12(17)13-7-14(8-13,9-13)16-6-11(5-15-16)10-3-2-4-10/h5-6,10H,2-4,7-9H2,1H3. The number of hydrogen-bond acceptors (Lipinski definition) is 3. The van der Waals surface area contributed by atoms with Gasteiger partial charge in [0, 0.05) is 6.20 Å². The molecule has 1 aromatic heterocycles. The molecule has 0 amide bonds. The largest absolute Gasteiger partial charge is 0.469 e. The van der Waals surface area contributed by atoms with E-state index in [2.05, 4.69) is 16.0 Å². The molecule has 4 aliphatic carbocycles. The first-order chi connectivity index (χ1) is 8.67. The van der Waals surface area contributed by atoms with Crippen LogP contribution in [0.5, 0.6) is 0 Å². The van der Waals surface area contributed by atoms with Crippen LogP contribution in [0.25, 0.3) is 0 Å². The summed E-state index contributed by atoms with van der Waals surface area (Å²) in [6.45, 7) is 0. The first kappa shape index (κ1) is 10.6. The number of aromatic nitrogens is 2. The van der Waals surface area contributed by atoms with E-state index in [1.54, 1.807) is 0 Å². The number of nitrogens with zero attached hydrogens (tertiary/aromatic N) is 2. The molecule has 0 aliphatic heterocycles. The molecular weight excluding hydrogens is 228 g/mol. The van der Waals surface area contributed by atoms with Gasteiger partial charge >= 0.3 is 5.97 Å². The van der Waals surface area contributed by atoms with Crippen molar-refractivity contribution in [2.75, 3.05) is 7.11 Å². The summed E-state index contributed by atoms with van der Waals surface area (Å²) in [5.41, 5.74) is 1.35. The van der Waals surface area contributed by atoms with Gasteiger partial charge in [0.15, 0.2) is 0 Å². The van der Waals surface area contributed by atoms with Gasteiger partial charge in [0.2, 0.25) is 0 Å². The lowest BCUT2D eigenvalue weighted by molar-refractivity contribution is -0.219. The predicted molar refractivity (Wildman–Crippen MR) is 65.1 cm³/mol. The lowest BCUT2D eigenvalue weighted by Gasteiger charge is -2.67. The quantitative estimate of drug-likeness (QED) is 0.768. The molecule has 4 aliphatic rings. The normalized spacial score (nSPS) is 37.4. The SMILES string of the molecule is COC(=O)C12CC(n3cc(C4CCC4)cn3)(C1)C2. The molecular formula is C14H18N2O2. The highest BCUT2D eigenvalue weighted by atomic mass is 16.5. The smallest absolute Gasteiger partial charge is 0.312 e. The summed E-state index contributed by atoms with van der Waals surface area (Å²) in [5, 5.41) is 4.53. The molecule has 0 aromatic carbocycles. The van der Waals surface area contributed by atoms with Crippen LogP contribution in [-0.2, 0) is 15.1 Å². The molecule has 96 valence electrons. The Balaban J connectivity index is 1.50. The van der Waals surface area contributed by atoms with Gasteiger partial charge < -0.3 is 4.74 Å². The van der Waals surface area contributed by atoms with Crippen molar-refractivity contribution in [1.29, 1.82) is 0 Å². The molecule has 0 unspecified atom stereocenters. The number of esters is 1. The third kappa shape index (κ3) is 1.11. The van der Waals surface area contributed by atoms with Crippen molar-refractivity contribution in [1.82, 2.24) is 9.78 Å². The van der Waals surface area contributed by atoms with E-state index in [1.807, 2.05) is 6.20 Å². The molecule has 0 radical (unpaired) electrons. The Morgan fingerprint density at radius 3 is 2.72 bits per heavy atom. The molecule has 2 bridgehead atoms. The van der Waals surface area contributed by atoms with Crippen LogP contribution in [0.15, 0.2) is 12.4 Å². The summed E-state index contributed by atoms with van der Waals surface area (Å²) in [6, 6.07) is 0. The van der Waals surface area contributed by atoms with Crippen molar-refractivity contribution in [2.45, 2.75) is 50.0 Å². The van der Waals surface area contributed by atoms with Crippen LogP contribution >= 0.6 is 0 Å². The molecule has 0 N–H and O–H groups in total. The van der Waals surface area contributed by atoms with Gasteiger partial charge in [-0.05, 0) is 43.6 Å². The molecule has 0 atom stereocenters. The second-order valence-corrected chi connectivity index (χ2v) is 6.37. The van der Waals surface area contributed by atoms with Gasteiger partial charge in [-0.15, -0.1) is 0 Å². The molecule has 4 fully saturated rings. The maximum atomic E-state index is 11.6. The molecule has 1 heterocycles. The second kappa shape index (κ2) is 3.16. The van der Waals surface area contributed by atoms with Gasteiger partial charge in [0.05, 0.1) is 24.3 Å². The van der Waals surface area contributed by atoms with E-state index < -0.39 is 0 Å². The van der Waals surface area contributed by atoms with Crippen LogP contribution in [-0.4, -0.2) is 22.9 Å². The van der Waals surface area contributed by atoms with Crippen molar-refractivity contribution in [3.8, 4) is 0 Å². The third-order valence-corrected chi connectivity index (χ3v) is 5.29. The summed E-state index contributed by atoms with van der Waals surface area (Å²) >= 11 is 0. The van der Waals surface area contributed by atoms with Crippen molar-refractivity contribution in [3.05, 3.63) is 18.0 Å². The van der Waals surface area contributed by atoms with Crippen LogP contribution in [0.3, 0.4) is 0 Å². The molecule has 1 aromatic rings. The topological polar surface area (TPSA) is 44.1 Å². The lowest BCUT2D eigenvalue weighted by Crippen LogP contribution is -2.71. The number of methoxy groups -OCH3 is 1. The van der Waals surface area contributed by atoms with Gasteiger partial charge in [0.25, 0.3) is 0 Å². The number of hydrogen-bond donors (Lipinski definition) is 0. The van der Waals surface area contributed by atoms with E-state index in [1.165, 1.54) is 31.9 Å². The highest BCUT2D eigenvalue weighted by molar-refractivity contribution is 5.81. The van der Waals surface area contributed by atoms with E-state index in [0.717, 1.165) is 25.2 Å². The first-order valence-corrected chi connectivity index (χ1v) is 6.81. The summed E-state index contributed by atoms with van der Waals surface area (Å²) in [4.78, 5) is 11.6. The highest BCUT2D eigenvalue weighted by Crippen LogP contribution is 2.71. The maximum absolute atomic E-state index is 11.6. The number of ether oxygens (including phenoxy) is 1. The van der Waals surface area contributed by atoms with Crippen molar-refractivity contribution in [3.63, 3.8) is 0 Å². The Labute approximate surface area is 106 Å². The molecule has 4 heteroatoms. The molecule has 0 saturated heterocycles. The maximum Gasteiger partial charge on any atom is 0.312 e. The van der Waals surface area contributed by atoms with E-state index in [-0.39, 0.29) is 16.9 Å². The van der Waals surface area contributed by atoms with Crippen molar-refractivity contribution >= 4 is 5.97 Å². The minimum Gasteiger partial charge on any atom is -0.469 e. The Hall–Kier alpha value is -1.32. The Morgan fingerprint density at radius 1 is 1.44 bits per heavy atom. The summed E-state index contributed by atoms with van der Waals surface area (Å²) < 4.78 is 6.99. The molecule has 4 saturated carbocycles. The van der Waals surface area contributed by atoms with Gasteiger partial charge in [-0.1, -0.05) is 6.42 Å². The Morgan fingerprint density at radius 2 is 2.17 bits per heavy atom. The van der Waals surface area contributed by atoms with Crippen LogP contribution < -0.4 is 0 Å². The average Bonchev–Trinajstić information content (AvgIpc) is 2.60. The highest BCUT2D eigenvalue weighted by Gasteiger charge is 2.74. The van der Waals surface area contributed by atoms with Crippen molar-refractivity contribution < 1.29 is 9.53 Å².